The van der Waals surface area contributed by atoms with Crippen LogP contribution in [-0.2, 0) is 34.0 Å². The number of aliphatic carboxylic acids is 1. The quantitative estimate of drug-likeness (QED) is 0.150. The summed E-state index contributed by atoms with van der Waals surface area (Å²) in [6, 6.07) is -0.731. The van der Waals surface area contributed by atoms with Crippen LogP contribution in [0.2, 0.25) is 0 Å². The number of ether oxygens (including phenoxy) is 2. The minimum absolute atomic E-state index is 0. The normalized spacial score (nSPS) is 14.3. The summed E-state index contributed by atoms with van der Waals surface area (Å²) in [5.74, 6) is -2.71. The first-order chi connectivity index (χ1) is 15.8. The number of carboxylic acid groups (broad SMARTS) is 1. The van der Waals surface area contributed by atoms with E-state index in [0.717, 1.165) is 51.4 Å². The summed E-state index contributed by atoms with van der Waals surface area (Å²) in [4.78, 5) is 33.7. The van der Waals surface area contributed by atoms with Gasteiger partial charge >= 0.3 is 47.5 Å². The maximum Gasteiger partial charge on any atom is 1.00 e. The molecule has 35 heavy (non-hydrogen) atoms. The monoisotopic (exact) mass is 533 g/mol. The van der Waals surface area contributed by atoms with Gasteiger partial charge in [-0.1, -0.05) is 66.2 Å². The molecule has 0 aliphatic rings. The first-order valence-corrected chi connectivity index (χ1v) is 13.6. The number of hydrogen-bond donors (Lipinski definition) is 2. The van der Waals surface area contributed by atoms with E-state index in [9.17, 15) is 27.4 Å². The molecule has 0 fully saturated rings. The summed E-state index contributed by atoms with van der Waals surface area (Å²) in [7, 11) is -5.01. The Morgan fingerprint density at radius 3 is 1.63 bits per heavy atom. The van der Waals surface area contributed by atoms with E-state index in [2.05, 4.69) is 13.8 Å². The summed E-state index contributed by atoms with van der Waals surface area (Å²) in [6.45, 7) is 9.68. The number of rotatable bonds is 17. The maximum atomic E-state index is 12.1. The zero-order chi connectivity index (χ0) is 26.7. The molecule has 0 aromatic rings. The van der Waals surface area contributed by atoms with Crippen LogP contribution in [0, 0.1) is 11.8 Å². The van der Waals surface area contributed by atoms with Crippen molar-refractivity contribution in [1.82, 2.24) is 0 Å². The van der Waals surface area contributed by atoms with Crippen molar-refractivity contribution in [2.45, 2.75) is 104 Å². The Balaban J connectivity index is -0.00000129. The van der Waals surface area contributed by atoms with Crippen molar-refractivity contribution in [2.75, 3.05) is 13.2 Å². The van der Waals surface area contributed by atoms with E-state index in [-0.39, 0.29) is 54.6 Å². The first-order valence-electron chi connectivity index (χ1n) is 12.1. The molecule has 0 aliphatic heterocycles. The molecule has 202 valence electrons. The standard InChI is InChI=1S/C20H38O7S.C3H7NO2.Na/c1-5-9-11-16(7-3)14-26-19(21)13-18(28(23,24)25)20(22)27-15-17(8-4)12-10-6-2;1-2(4)3(5)6;/h16-18H,5-15H2,1-4H3,(H,23,24,25);2H,4H2,1H3,(H,5,6);/q;;+1/p-1. The second-order valence-electron chi connectivity index (χ2n) is 8.46. The fourth-order valence-corrected chi connectivity index (χ4v) is 3.46. The average molecular weight is 534 g/mol. The second kappa shape index (κ2) is 22.5. The largest absolute Gasteiger partial charge is 1.00 e. The molecule has 0 amide bonds. The first kappa shape index (κ1) is 38.8. The Labute approximate surface area is 233 Å². The van der Waals surface area contributed by atoms with Gasteiger partial charge in [0, 0.05) is 0 Å². The number of nitrogens with two attached hydrogens (primary N) is 1. The van der Waals surface area contributed by atoms with Gasteiger partial charge in [-0.2, -0.15) is 0 Å². The molecular weight excluding hydrogens is 489 g/mol. The predicted molar refractivity (Wildman–Crippen MR) is 128 cm³/mol. The van der Waals surface area contributed by atoms with Gasteiger partial charge in [-0.3, -0.25) is 14.4 Å². The maximum absolute atomic E-state index is 12.1. The van der Waals surface area contributed by atoms with Crippen molar-refractivity contribution in [2.24, 2.45) is 17.6 Å². The molecule has 4 atom stereocenters. The Bertz CT molecular complexity index is 686. The van der Waals surface area contributed by atoms with Crippen LogP contribution in [0.15, 0.2) is 0 Å². The van der Waals surface area contributed by atoms with Gasteiger partial charge in [-0.25, -0.2) is 8.42 Å². The molecule has 0 bridgehead atoms. The van der Waals surface area contributed by atoms with Crippen molar-refractivity contribution in [3.8, 4) is 0 Å². The van der Waals surface area contributed by atoms with Crippen LogP contribution in [0.3, 0.4) is 0 Å². The minimum Gasteiger partial charge on any atom is -0.747 e. The van der Waals surface area contributed by atoms with E-state index < -0.39 is 45.7 Å². The smallest absolute Gasteiger partial charge is 0.747 e. The number of esters is 2. The van der Waals surface area contributed by atoms with Crippen molar-refractivity contribution in [1.29, 1.82) is 0 Å². The van der Waals surface area contributed by atoms with Gasteiger partial charge in [-0.15, -0.1) is 0 Å². The molecule has 0 rings (SSSR count). The van der Waals surface area contributed by atoms with E-state index >= 15 is 0 Å². The van der Waals surface area contributed by atoms with Crippen LogP contribution in [0.5, 0.6) is 0 Å². The van der Waals surface area contributed by atoms with Crippen LogP contribution < -0.4 is 35.3 Å². The predicted octanol–water partition coefficient (Wildman–Crippen LogP) is 0.232. The van der Waals surface area contributed by atoms with Crippen molar-refractivity contribution >= 4 is 28.0 Å². The van der Waals surface area contributed by atoms with Crippen LogP contribution >= 0.6 is 0 Å². The molecular formula is C23H44NNaO9S. The molecule has 3 N–H and O–H groups in total. The van der Waals surface area contributed by atoms with E-state index in [1.54, 1.807) is 0 Å². The fraction of sp³-hybridized carbons (Fsp3) is 0.870. The van der Waals surface area contributed by atoms with E-state index in [1.165, 1.54) is 6.92 Å². The number of carbonyl (C=O) groups excluding carboxylic acids is 2. The minimum atomic E-state index is -5.01. The Kier molecular flexibility index (Phi) is 24.9. The van der Waals surface area contributed by atoms with Crippen LogP contribution in [-0.4, -0.2) is 60.5 Å². The third-order valence-corrected chi connectivity index (χ3v) is 6.44. The summed E-state index contributed by atoms with van der Waals surface area (Å²) in [6.07, 6.45) is 6.58. The van der Waals surface area contributed by atoms with Gasteiger partial charge in [0.25, 0.3) is 0 Å². The van der Waals surface area contributed by atoms with Gasteiger partial charge in [-0.05, 0) is 31.6 Å². The Morgan fingerprint density at radius 1 is 0.914 bits per heavy atom. The molecule has 0 aromatic carbocycles. The zero-order valence-electron chi connectivity index (χ0n) is 22.3. The van der Waals surface area contributed by atoms with Gasteiger partial charge in [0.15, 0.2) is 5.25 Å². The molecule has 0 spiro atoms. The third-order valence-electron chi connectivity index (χ3n) is 5.38. The molecule has 0 heterocycles. The van der Waals surface area contributed by atoms with Gasteiger partial charge < -0.3 is 24.9 Å². The van der Waals surface area contributed by atoms with Crippen LogP contribution in [0.4, 0.5) is 0 Å². The summed E-state index contributed by atoms with van der Waals surface area (Å²) in [5, 5.41) is 5.81. The van der Waals surface area contributed by atoms with Gasteiger partial charge in [0.2, 0.25) is 0 Å². The zero-order valence-corrected chi connectivity index (χ0v) is 25.1. The molecule has 0 saturated heterocycles. The third kappa shape index (κ3) is 21.1. The van der Waals surface area contributed by atoms with Gasteiger partial charge in [0.05, 0.1) is 19.6 Å². The topological polar surface area (TPSA) is 173 Å². The summed E-state index contributed by atoms with van der Waals surface area (Å²) < 4.78 is 44.6. The molecule has 0 radical (unpaired) electrons. The van der Waals surface area contributed by atoms with Crippen LogP contribution in [0.1, 0.15) is 92.4 Å². The van der Waals surface area contributed by atoms with Crippen molar-refractivity contribution in [3.05, 3.63) is 0 Å². The molecule has 10 nitrogen and oxygen atoms in total. The van der Waals surface area contributed by atoms with Crippen molar-refractivity contribution in [3.63, 3.8) is 0 Å². The van der Waals surface area contributed by atoms with Crippen LogP contribution in [0.25, 0.3) is 0 Å². The van der Waals surface area contributed by atoms with E-state index in [4.69, 9.17) is 20.3 Å². The van der Waals surface area contributed by atoms with Gasteiger partial charge in [0.1, 0.15) is 16.2 Å². The Morgan fingerprint density at radius 2 is 1.31 bits per heavy atom. The average Bonchev–Trinajstić information content (AvgIpc) is 2.77. The molecule has 0 aromatic heterocycles. The Hall–Kier alpha value is -0.720. The number of carboxylic acids is 1. The molecule has 4 unspecified atom stereocenters. The molecule has 12 heteroatoms. The summed E-state index contributed by atoms with van der Waals surface area (Å²) in [5.41, 5.74) is 4.84. The van der Waals surface area contributed by atoms with E-state index in [1.807, 2.05) is 13.8 Å². The fourth-order valence-electron chi connectivity index (χ4n) is 2.81. The molecule has 0 aliphatic carbocycles. The number of carbonyl (C=O) groups is 3. The SMILES string of the molecule is CC(N)C(=O)O.CCCCC(CC)COC(=O)CC(C(=O)OCC(CC)CCCC)S(=O)(=O)[O-].[Na+]. The van der Waals surface area contributed by atoms with Crippen molar-refractivity contribution < 1.29 is 71.5 Å². The number of hydrogen-bond acceptors (Lipinski definition) is 9. The summed E-state index contributed by atoms with van der Waals surface area (Å²) >= 11 is 0. The number of unbranched alkanes of at least 4 members (excludes halogenated alkanes) is 2. The molecule has 0 saturated carbocycles. The van der Waals surface area contributed by atoms with E-state index in [0.29, 0.717) is 0 Å². The second-order valence-corrected chi connectivity index (χ2v) is 10.0.